The molecule has 2 aromatic carbocycles. The number of thiophene rings is 1. The Kier molecular flexibility index (Phi) is 8.90. The first-order valence-corrected chi connectivity index (χ1v) is 12.9. The van der Waals surface area contributed by atoms with Gasteiger partial charge in [-0.25, -0.2) is 4.39 Å². The summed E-state index contributed by atoms with van der Waals surface area (Å²) in [6, 6.07) is 19.1. The van der Waals surface area contributed by atoms with Gasteiger partial charge in [-0.05, 0) is 47.5 Å². The molecule has 2 unspecified atom stereocenters. The topological polar surface area (TPSA) is 49.9 Å². The van der Waals surface area contributed by atoms with E-state index in [4.69, 9.17) is 16.3 Å². The summed E-state index contributed by atoms with van der Waals surface area (Å²) in [5.41, 5.74) is 1.50. The maximum Gasteiger partial charge on any atom is 0.245 e. The second-order valence-electron chi connectivity index (χ2n) is 8.58. The summed E-state index contributed by atoms with van der Waals surface area (Å²) in [6.07, 6.45) is 1.65. The van der Waals surface area contributed by atoms with Crippen LogP contribution in [0.5, 0.6) is 0 Å². The zero-order valence-corrected chi connectivity index (χ0v) is 20.9. The van der Waals surface area contributed by atoms with Crippen LogP contribution >= 0.6 is 22.9 Å². The fourth-order valence-corrected chi connectivity index (χ4v) is 5.09. The number of ether oxygens (including phenoxy) is 1. The number of carbonyl (C=O) groups is 2. The van der Waals surface area contributed by atoms with Crippen LogP contribution < -0.4 is 0 Å². The highest BCUT2D eigenvalue weighted by atomic mass is 35.5. The normalized spacial score (nSPS) is 16.1. The number of rotatable bonds is 10. The molecule has 2 atom stereocenters. The lowest BCUT2D eigenvalue weighted by atomic mass is 10.1. The van der Waals surface area contributed by atoms with Crippen LogP contribution in [0.2, 0.25) is 0 Å². The Labute approximate surface area is 214 Å². The van der Waals surface area contributed by atoms with Crippen LogP contribution in [-0.2, 0) is 27.4 Å². The van der Waals surface area contributed by atoms with E-state index < -0.39 is 5.38 Å². The van der Waals surface area contributed by atoms with Gasteiger partial charge in [-0.3, -0.25) is 9.59 Å². The molecule has 0 saturated carbocycles. The van der Waals surface area contributed by atoms with Gasteiger partial charge < -0.3 is 14.5 Å². The van der Waals surface area contributed by atoms with E-state index in [0.717, 1.165) is 23.3 Å². The number of hydrogen-bond donors (Lipinski definition) is 0. The molecule has 0 radical (unpaired) electrons. The van der Waals surface area contributed by atoms with Gasteiger partial charge in [0, 0.05) is 24.6 Å². The first-order chi connectivity index (χ1) is 17.0. The summed E-state index contributed by atoms with van der Waals surface area (Å²) in [5, 5.41) is 1.06. The van der Waals surface area contributed by atoms with Crippen LogP contribution in [0.15, 0.2) is 72.1 Å². The summed E-state index contributed by atoms with van der Waals surface area (Å²) >= 11 is 8.13. The lowest BCUT2D eigenvalue weighted by Gasteiger charge is -2.30. The van der Waals surface area contributed by atoms with E-state index in [1.54, 1.807) is 40.5 Å². The van der Waals surface area contributed by atoms with E-state index in [-0.39, 0.29) is 30.3 Å². The summed E-state index contributed by atoms with van der Waals surface area (Å²) in [6.45, 7) is 1.56. The maximum atomic E-state index is 13.6. The zero-order chi connectivity index (χ0) is 24.6. The molecule has 184 valence electrons. The lowest BCUT2D eigenvalue weighted by Crippen LogP contribution is -2.46. The quantitative estimate of drug-likeness (QED) is 0.340. The van der Waals surface area contributed by atoms with Crippen molar-refractivity contribution in [3.8, 4) is 0 Å². The van der Waals surface area contributed by atoms with Gasteiger partial charge in [0.1, 0.15) is 11.2 Å². The van der Waals surface area contributed by atoms with E-state index in [2.05, 4.69) is 0 Å². The minimum absolute atomic E-state index is 0.110. The van der Waals surface area contributed by atoms with Crippen LogP contribution in [-0.4, -0.2) is 47.4 Å². The van der Waals surface area contributed by atoms with Crippen molar-refractivity contribution in [2.45, 2.75) is 37.4 Å². The monoisotopic (exact) mass is 514 g/mol. The largest absolute Gasteiger partial charge is 0.376 e. The summed E-state index contributed by atoms with van der Waals surface area (Å²) in [5.74, 6) is -0.849. The molecule has 8 heteroatoms. The molecule has 5 nitrogen and oxygen atoms in total. The third-order valence-corrected chi connectivity index (χ3v) is 7.26. The Bertz CT molecular complexity index is 1090. The third-order valence-electron chi connectivity index (χ3n) is 5.96. The Morgan fingerprint density at radius 1 is 1.03 bits per heavy atom. The molecule has 1 aliphatic heterocycles. The Balaban J connectivity index is 1.53. The number of benzene rings is 2. The van der Waals surface area contributed by atoms with Gasteiger partial charge in [0.2, 0.25) is 11.8 Å². The fourth-order valence-electron chi connectivity index (χ4n) is 4.09. The van der Waals surface area contributed by atoms with Gasteiger partial charge in [0.05, 0.1) is 19.2 Å². The Morgan fingerprint density at radius 3 is 2.46 bits per heavy atom. The zero-order valence-electron chi connectivity index (χ0n) is 19.3. The van der Waals surface area contributed by atoms with Gasteiger partial charge in [-0.2, -0.15) is 0 Å². The Morgan fingerprint density at radius 2 is 1.80 bits per heavy atom. The molecule has 3 aromatic rings. The molecule has 0 aliphatic carbocycles. The van der Waals surface area contributed by atoms with Crippen LogP contribution in [0.4, 0.5) is 4.39 Å². The van der Waals surface area contributed by atoms with Crippen molar-refractivity contribution < 1.29 is 18.7 Å². The number of halogens is 2. The molecule has 1 saturated heterocycles. The molecule has 0 spiro atoms. The van der Waals surface area contributed by atoms with E-state index in [0.29, 0.717) is 31.8 Å². The Hall–Kier alpha value is -2.74. The van der Waals surface area contributed by atoms with Crippen molar-refractivity contribution in [3.05, 3.63) is 93.9 Å². The SMILES string of the molecule is O=C(CN(CC1CCCO1)C(=O)C(Cl)c1ccccc1)N(Cc1ccc(F)cc1)Cc1cccs1. The average molecular weight is 515 g/mol. The molecule has 35 heavy (non-hydrogen) atoms. The third kappa shape index (κ3) is 7.13. The molecule has 0 bridgehead atoms. The van der Waals surface area contributed by atoms with Gasteiger partial charge in [-0.1, -0.05) is 48.5 Å². The smallest absolute Gasteiger partial charge is 0.245 e. The minimum Gasteiger partial charge on any atom is -0.376 e. The molecule has 4 rings (SSSR count). The summed E-state index contributed by atoms with van der Waals surface area (Å²) < 4.78 is 19.2. The van der Waals surface area contributed by atoms with Crippen molar-refractivity contribution in [1.29, 1.82) is 0 Å². The molecule has 1 fully saturated rings. The standard InChI is InChI=1S/C27H28ClFN2O3S/c28-26(21-6-2-1-3-7-21)27(33)31(17-23-8-4-14-34-23)19-25(32)30(18-24-9-5-15-35-24)16-20-10-12-22(29)13-11-20/h1-3,5-7,9-13,15,23,26H,4,8,14,16-19H2. The second-order valence-corrected chi connectivity index (χ2v) is 10.1. The summed E-state index contributed by atoms with van der Waals surface area (Å²) in [7, 11) is 0. The number of amides is 2. The number of nitrogens with zero attached hydrogens (tertiary/aromatic N) is 2. The molecule has 1 aliphatic rings. The van der Waals surface area contributed by atoms with Crippen molar-refractivity contribution in [2.24, 2.45) is 0 Å². The van der Waals surface area contributed by atoms with Gasteiger partial charge in [0.15, 0.2) is 0 Å². The van der Waals surface area contributed by atoms with E-state index in [1.807, 2.05) is 35.7 Å². The number of hydrogen-bond acceptors (Lipinski definition) is 4. The van der Waals surface area contributed by atoms with Crippen molar-refractivity contribution in [3.63, 3.8) is 0 Å². The van der Waals surface area contributed by atoms with Gasteiger partial charge in [0.25, 0.3) is 0 Å². The van der Waals surface area contributed by atoms with E-state index in [9.17, 15) is 14.0 Å². The lowest BCUT2D eigenvalue weighted by molar-refractivity contribution is -0.142. The van der Waals surface area contributed by atoms with Crippen LogP contribution in [0.1, 0.15) is 34.2 Å². The van der Waals surface area contributed by atoms with Crippen LogP contribution in [0.3, 0.4) is 0 Å². The minimum atomic E-state index is -0.895. The van der Waals surface area contributed by atoms with Crippen LogP contribution in [0, 0.1) is 5.82 Å². The highest BCUT2D eigenvalue weighted by Crippen LogP contribution is 2.25. The molecule has 0 N–H and O–H groups in total. The van der Waals surface area contributed by atoms with Gasteiger partial charge in [-0.15, -0.1) is 22.9 Å². The molecular formula is C27H28ClFN2O3S. The first-order valence-electron chi connectivity index (χ1n) is 11.6. The van der Waals surface area contributed by atoms with Crippen molar-refractivity contribution >= 4 is 34.8 Å². The van der Waals surface area contributed by atoms with Crippen molar-refractivity contribution in [2.75, 3.05) is 19.7 Å². The van der Waals surface area contributed by atoms with E-state index in [1.165, 1.54) is 17.0 Å². The second kappa shape index (κ2) is 12.3. The molecular weight excluding hydrogens is 487 g/mol. The number of carbonyl (C=O) groups excluding carboxylic acids is 2. The van der Waals surface area contributed by atoms with Gasteiger partial charge >= 0.3 is 0 Å². The maximum absolute atomic E-state index is 13.6. The van der Waals surface area contributed by atoms with Crippen molar-refractivity contribution in [1.82, 2.24) is 9.80 Å². The average Bonchev–Trinajstić information content (AvgIpc) is 3.58. The molecule has 2 heterocycles. The predicted octanol–water partition coefficient (Wildman–Crippen LogP) is 5.40. The number of alkyl halides is 1. The predicted molar refractivity (Wildman–Crippen MR) is 136 cm³/mol. The van der Waals surface area contributed by atoms with E-state index >= 15 is 0 Å². The van der Waals surface area contributed by atoms with Crippen LogP contribution in [0.25, 0.3) is 0 Å². The summed E-state index contributed by atoms with van der Waals surface area (Å²) in [4.78, 5) is 31.2. The molecule has 2 amide bonds. The highest BCUT2D eigenvalue weighted by Gasteiger charge is 2.30. The highest BCUT2D eigenvalue weighted by molar-refractivity contribution is 7.09. The fraction of sp³-hybridized carbons (Fsp3) is 0.333. The molecule has 1 aromatic heterocycles. The first kappa shape index (κ1) is 25.4.